The average molecular weight is 345 g/mol. The second-order valence-corrected chi connectivity index (χ2v) is 7.09. The van der Waals surface area contributed by atoms with E-state index in [1.165, 1.54) is 11.3 Å². The molecule has 0 bridgehead atoms. The number of rotatable bonds is 5. The van der Waals surface area contributed by atoms with Gasteiger partial charge in [0.2, 0.25) is 5.91 Å². The molecule has 0 aliphatic heterocycles. The fourth-order valence-electron chi connectivity index (χ4n) is 2.50. The quantitative estimate of drug-likeness (QED) is 0.820. The van der Waals surface area contributed by atoms with Crippen LogP contribution in [0.15, 0.2) is 18.2 Å². The molecule has 0 radical (unpaired) electrons. The van der Waals surface area contributed by atoms with Gasteiger partial charge in [0.1, 0.15) is 5.00 Å². The first-order chi connectivity index (χ1) is 11.3. The summed E-state index contributed by atoms with van der Waals surface area (Å²) >= 11 is 1.41. The minimum Gasteiger partial charge on any atom is -0.462 e. The van der Waals surface area contributed by atoms with E-state index in [0.29, 0.717) is 17.2 Å². The van der Waals surface area contributed by atoms with Gasteiger partial charge in [-0.15, -0.1) is 11.3 Å². The lowest BCUT2D eigenvalue weighted by Crippen LogP contribution is -2.17. The smallest absolute Gasteiger partial charge is 0.341 e. The molecule has 0 fully saturated rings. The normalized spacial score (nSPS) is 10.5. The Balaban J connectivity index is 2.21. The number of ether oxygens (including phenoxy) is 1. The average Bonchev–Trinajstić information content (AvgIpc) is 2.77. The maximum Gasteiger partial charge on any atom is 0.341 e. The summed E-state index contributed by atoms with van der Waals surface area (Å²) in [5.41, 5.74) is 4.53. The molecule has 0 spiro atoms. The van der Waals surface area contributed by atoms with Gasteiger partial charge in [0.05, 0.1) is 18.6 Å². The second kappa shape index (κ2) is 7.62. The van der Waals surface area contributed by atoms with Crippen LogP contribution in [0.25, 0.3) is 0 Å². The summed E-state index contributed by atoms with van der Waals surface area (Å²) in [7, 11) is 0. The van der Waals surface area contributed by atoms with Gasteiger partial charge in [-0.1, -0.05) is 23.8 Å². The number of anilines is 1. The number of carbonyl (C=O) groups is 2. The van der Waals surface area contributed by atoms with Gasteiger partial charge in [0.25, 0.3) is 0 Å². The Morgan fingerprint density at radius 1 is 1.17 bits per heavy atom. The van der Waals surface area contributed by atoms with Crippen molar-refractivity contribution >= 4 is 28.2 Å². The van der Waals surface area contributed by atoms with Gasteiger partial charge < -0.3 is 10.1 Å². The highest BCUT2D eigenvalue weighted by Crippen LogP contribution is 2.33. The molecule has 0 aliphatic rings. The molecular formula is C19H23NO3S. The third-order valence-corrected chi connectivity index (χ3v) is 5.10. The molecule has 4 nitrogen and oxygen atoms in total. The van der Waals surface area contributed by atoms with E-state index < -0.39 is 0 Å². The highest BCUT2D eigenvalue weighted by atomic mass is 32.1. The number of thiophene rings is 1. The third-order valence-electron chi connectivity index (χ3n) is 3.97. The molecule has 0 atom stereocenters. The van der Waals surface area contributed by atoms with Crippen LogP contribution in [0.2, 0.25) is 0 Å². The van der Waals surface area contributed by atoms with Crippen LogP contribution in [-0.4, -0.2) is 18.5 Å². The SMILES string of the molecule is CCOC(=O)c1c(NC(=O)Cc2cc(C)ccc2C)sc(C)c1C. The van der Waals surface area contributed by atoms with Crippen LogP contribution in [-0.2, 0) is 16.0 Å². The van der Waals surface area contributed by atoms with Crippen molar-refractivity contribution in [2.45, 2.75) is 41.0 Å². The first-order valence-corrected chi connectivity index (χ1v) is 8.78. The highest BCUT2D eigenvalue weighted by molar-refractivity contribution is 7.16. The van der Waals surface area contributed by atoms with Crippen molar-refractivity contribution in [3.63, 3.8) is 0 Å². The lowest BCUT2D eigenvalue weighted by atomic mass is 10.0. The van der Waals surface area contributed by atoms with Crippen molar-refractivity contribution in [1.82, 2.24) is 0 Å². The number of esters is 1. The summed E-state index contributed by atoms with van der Waals surface area (Å²) < 4.78 is 5.11. The van der Waals surface area contributed by atoms with Crippen molar-refractivity contribution in [2.75, 3.05) is 11.9 Å². The van der Waals surface area contributed by atoms with Crippen LogP contribution < -0.4 is 5.32 Å². The molecule has 2 rings (SSSR count). The van der Waals surface area contributed by atoms with Crippen molar-refractivity contribution in [3.8, 4) is 0 Å². The molecule has 0 saturated heterocycles. The molecule has 1 amide bonds. The number of benzene rings is 1. The van der Waals surface area contributed by atoms with Crippen molar-refractivity contribution in [2.24, 2.45) is 0 Å². The summed E-state index contributed by atoms with van der Waals surface area (Å²) in [6.07, 6.45) is 0.284. The van der Waals surface area contributed by atoms with E-state index in [1.54, 1.807) is 6.92 Å². The summed E-state index contributed by atoms with van der Waals surface area (Å²) in [5, 5.41) is 3.45. The van der Waals surface area contributed by atoms with Gasteiger partial charge in [0.15, 0.2) is 0 Å². The fourth-order valence-corrected chi connectivity index (χ4v) is 3.56. The maximum atomic E-state index is 12.4. The largest absolute Gasteiger partial charge is 0.462 e. The number of aryl methyl sites for hydroxylation is 3. The summed E-state index contributed by atoms with van der Waals surface area (Å²) in [6.45, 7) is 9.88. The predicted molar refractivity (Wildman–Crippen MR) is 98.0 cm³/mol. The van der Waals surface area contributed by atoms with Crippen LogP contribution in [0.3, 0.4) is 0 Å². The number of hydrogen-bond donors (Lipinski definition) is 1. The predicted octanol–water partition coefficient (Wildman–Crippen LogP) is 4.34. The second-order valence-electron chi connectivity index (χ2n) is 5.86. The Bertz CT molecular complexity index is 777. The zero-order valence-corrected chi connectivity index (χ0v) is 15.6. The third kappa shape index (κ3) is 4.03. The van der Waals surface area contributed by atoms with E-state index in [-0.39, 0.29) is 18.3 Å². The number of hydrogen-bond acceptors (Lipinski definition) is 4. The van der Waals surface area contributed by atoms with Gasteiger partial charge in [-0.2, -0.15) is 0 Å². The Labute approximate surface area is 146 Å². The standard InChI is InChI=1S/C19H23NO3S/c1-6-23-19(22)17-13(4)14(5)24-18(17)20-16(21)10-15-9-11(2)7-8-12(15)3/h7-9H,6,10H2,1-5H3,(H,20,21). The summed E-state index contributed by atoms with van der Waals surface area (Å²) in [5.74, 6) is -0.517. The summed E-state index contributed by atoms with van der Waals surface area (Å²) in [4.78, 5) is 25.6. The number of amides is 1. The van der Waals surface area contributed by atoms with E-state index in [2.05, 4.69) is 5.32 Å². The van der Waals surface area contributed by atoms with Crippen LogP contribution in [0.1, 0.15) is 44.4 Å². The van der Waals surface area contributed by atoms with Crippen LogP contribution >= 0.6 is 11.3 Å². The topological polar surface area (TPSA) is 55.4 Å². The molecule has 128 valence electrons. The van der Waals surface area contributed by atoms with E-state index in [4.69, 9.17) is 4.74 Å². The van der Waals surface area contributed by atoms with E-state index in [0.717, 1.165) is 27.1 Å². The van der Waals surface area contributed by atoms with Crippen molar-refractivity contribution < 1.29 is 14.3 Å². The molecule has 24 heavy (non-hydrogen) atoms. The van der Waals surface area contributed by atoms with Crippen LogP contribution in [0, 0.1) is 27.7 Å². The summed E-state index contributed by atoms with van der Waals surface area (Å²) in [6, 6.07) is 6.06. The van der Waals surface area contributed by atoms with Crippen LogP contribution in [0.5, 0.6) is 0 Å². The Morgan fingerprint density at radius 3 is 2.54 bits per heavy atom. The van der Waals surface area contributed by atoms with Crippen LogP contribution in [0.4, 0.5) is 5.00 Å². The molecule has 0 saturated carbocycles. The van der Waals surface area contributed by atoms with Gasteiger partial charge in [-0.05, 0) is 51.3 Å². The Kier molecular flexibility index (Phi) is 5.78. The van der Waals surface area contributed by atoms with Gasteiger partial charge >= 0.3 is 5.97 Å². The molecule has 0 unspecified atom stereocenters. The van der Waals surface area contributed by atoms with Gasteiger partial charge in [0, 0.05) is 4.88 Å². The lowest BCUT2D eigenvalue weighted by molar-refractivity contribution is -0.115. The molecule has 1 aromatic carbocycles. The number of carbonyl (C=O) groups excluding carboxylic acids is 2. The monoisotopic (exact) mass is 345 g/mol. The van der Waals surface area contributed by atoms with E-state index in [1.807, 2.05) is 45.9 Å². The first kappa shape index (κ1) is 18.2. The Morgan fingerprint density at radius 2 is 1.88 bits per heavy atom. The van der Waals surface area contributed by atoms with Gasteiger partial charge in [-0.25, -0.2) is 4.79 Å². The molecule has 1 aromatic heterocycles. The molecule has 1 N–H and O–H groups in total. The minimum atomic E-state index is -0.388. The zero-order chi connectivity index (χ0) is 17.9. The molecule has 1 heterocycles. The van der Waals surface area contributed by atoms with E-state index >= 15 is 0 Å². The van der Waals surface area contributed by atoms with Crippen molar-refractivity contribution in [1.29, 1.82) is 0 Å². The fraction of sp³-hybridized carbons (Fsp3) is 0.368. The lowest BCUT2D eigenvalue weighted by Gasteiger charge is -2.09. The Hall–Kier alpha value is -2.14. The first-order valence-electron chi connectivity index (χ1n) is 7.96. The highest BCUT2D eigenvalue weighted by Gasteiger charge is 2.22. The minimum absolute atomic E-state index is 0.129. The van der Waals surface area contributed by atoms with Gasteiger partial charge in [-0.3, -0.25) is 4.79 Å². The number of nitrogens with one attached hydrogen (secondary N) is 1. The zero-order valence-electron chi connectivity index (χ0n) is 14.8. The van der Waals surface area contributed by atoms with E-state index in [9.17, 15) is 9.59 Å². The molecule has 2 aromatic rings. The molecule has 0 aliphatic carbocycles. The maximum absolute atomic E-state index is 12.4. The van der Waals surface area contributed by atoms with Crippen molar-refractivity contribution in [3.05, 3.63) is 50.9 Å². The molecule has 5 heteroatoms. The molecular weight excluding hydrogens is 322 g/mol.